The van der Waals surface area contributed by atoms with E-state index in [-0.39, 0.29) is 5.56 Å². The lowest BCUT2D eigenvalue weighted by molar-refractivity contribution is 0.448. The fourth-order valence-corrected chi connectivity index (χ4v) is 2.90. The van der Waals surface area contributed by atoms with Gasteiger partial charge in [0.25, 0.3) is 0 Å². The Labute approximate surface area is 143 Å². The molecule has 0 heterocycles. The van der Waals surface area contributed by atoms with Gasteiger partial charge in [-0.3, -0.25) is 0 Å². The molecule has 0 fully saturated rings. The van der Waals surface area contributed by atoms with E-state index in [4.69, 9.17) is 0 Å². The molecule has 0 nitrogen and oxygen atoms in total. The van der Waals surface area contributed by atoms with Crippen LogP contribution in [0, 0.1) is 23.3 Å². The van der Waals surface area contributed by atoms with Crippen molar-refractivity contribution >= 4 is 0 Å². The lowest BCUT2D eigenvalue weighted by Crippen LogP contribution is -1.95. The zero-order valence-electron chi connectivity index (χ0n) is 13.6. The zero-order chi connectivity index (χ0) is 18.0. The first-order valence-corrected chi connectivity index (χ1v) is 8.04. The lowest BCUT2D eigenvalue weighted by atomic mass is 9.93. The fraction of sp³-hybridized carbons (Fsp3) is 0.143. The van der Waals surface area contributed by atoms with Crippen LogP contribution < -0.4 is 0 Å². The normalized spacial score (nSPS) is 10.9. The van der Waals surface area contributed by atoms with E-state index in [1.807, 2.05) is 13.0 Å². The zero-order valence-corrected chi connectivity index (χ0v) is 13.6. The van der Waals surface area contributed by atoms with Gasteiger partial charge in [0.05, 0.1) is 0 Å². The second-order valence-corrected chi connectivity index (χ2v) is 5.86. The molecule has 3 rings (SSSR count). The maximum Gasteiger partial charge on any atom is 0.194 e. The van der Waals surface area contributed by atoms with Gasteiger partial charge in [0.2, 0.25) is 0 Å². The summed E-state index contributed by atoms with van der Waals surface area (Å²) in [5.41, 5.74) is 2.31. The highest BCUT2D eigenvalue weighted by Gasteiger charge is 2.16. The van der Waals surface area contributed by atoms with Crippen molar-refractivity contribution in [3.8, 4) is 22.3 Å². The predicted molar refractivity (Wildman–Crippen MR) is 91.1 cm³/mol. The summed E-state index contributed by atoms with van der Waals surface area (Å²) in [7, 11) is 0. The molecule has 0 bridgehead atoms. The number of benzene rings is 3. The Bertz CT molecular complexity index is 893. The summed E-state index contributed by atoms with van der Waals surface area (Å²) in [5, 5.41) is 0. The number of hydrogen-bond donors (Lipinski definition) is 0. The Balaban J connectivity index is 2.14. The summed E-state index contributed by atoms with van der Waals surface area (Å²) in [6.45, 7) is 2.01. The van der Waals surface area contributed by atoms with Crippen LogP contribution in [0.3, 0.4) is 0 Å². The van der Waals surface area contributed by atoms with Crippen molar-refractivity contribution in [3.63, 3.8) is 0 Å². The first-order chi connectivity index (χ1) is 12.0. The van der Waals surface area contributed by atoms with Crippen LogP contribution in [0.15, 0.2) is 54.6 Å². The summed E-state index contributed by atoms with van der Waals surface area (Å²) >= 11 is 0. The van der Waals surface area contributed by atoms with Crippen molar-refractivity contribution in [2.75, 3.05) is 0 Å². The van der Waals surface area contributed by atoms with Crippen LogP contribution in [0.1, 0.15) is 18.9 Å². The fourth-order valence-electron chi connectivity index (χ4n) is 2.90. The van der Waals surface area contributed by atoms with Gasteiger partial charge in [-0.2, -0.15) is 0 Å². The van der Waals surface area contributed by atoms with Crippen molar-refractivity contribution in [1.29, 1.82) is 0 Å². The molecule has 4 heteroatoms. The third-order valence-electron chi connectivity index (χ3n) is 4.08. The van der Waals surface area contributed by atoms with Crippen molar-refractivity contribution < 1.29 is 17.6 Å². The summed E-state index contributed by atoms with van der Waals surface area (Å²) in [6.07, 6.45) is 1.68. The van der Waals surface area contributed by atoms with E-state index in [1.165, 1.54) is 6.07 Å². The predicted octanol–water partition coefficient (Wildman–Crippen LogP) is 6.53. The smallest absolute Gasteiger partial charge is 0.194 e. The molecule has 0 atom stereocenters. The minimum absolute atomic E-state index is 0.157. The molecule has 3 aromatic rings. The van der Waals surface area contributed by atoms with Gasteiger partial charge < -0.3 is 0 Å². The first-order valence-electron chi connectivity index (χ1n) is 8.04. The van der Waals surface area contributed by atoms with Gasteiger partial charge in [0.1, 0.15) is 5.82 Å². The van der Waals surface area contributed by atoms with Crippen molar-refractivity contribution in [1.82, 2.24) is 0 Å². The van der Waals surface area contributed by atoms with Crippen LogP contribution in [0.5, 0.6) is 0 Å². The molecule has 25 heavy (non-hydrogen) atoms. The third kappa shape index (κ3) is 3.43. The van der Waals surface area contributed by atoms with Gasteiger partial charge >= 0.3 is 0 Å². The molecule has 0 aliphatic carbocycles. The standard InChI is InChI=1S/C21H16F4/c1-2-5-13-8-9-17(18(22)10-13)16-7-4-3-6-15(16)14-11-19(23)21(25)20(24)12-14/h3-4,6-12H,2,5H2,1H3. The average molecular weight is 344 g/mol. The SMILES string of the molecule is CCCc1ccc(-c2ccccc2-c2cc(F)c(F)c(F)c2)c(F)c1. The maximum atomic E-state index is 14.6. The minimum Gasteiger partial charge on any atom is -0.206 e. The Hall–Kier alpha value is -2.62. The Morgan fingerprint density at radius 1 is 0.680 bits per heavy atom. The topological polar surface area (TPSA) is 0 Å². The largest absolute Gasteiger partial charge is 0.206 e. The Kier molecular flexibility index (Phi) is 4.88. The Morgan fingerprint density at radius 2 is 1.32 bits per heavy atom. The van der Waals surface area contributed by atoms with Gasteiger partial charge in [-0.25, -0.2) is 17.6 Å². The van der Waals surface area contributed by atoms with Crippen LogP contribution in [-0.2, 0) is 6.42 Å². The molecule has 0 aliphatic heterocycles. The van der Waals surface area contributed by atoms with Gasteiger partial charge in [-0.05, 0) is 46.9 Å². The average Bonchev–Trinajstić information content (AvgIpc) is 2.60. The van der Waals surface area contributed by atoms with Gasteiger partial charge in [0.15, 0.2) is 17.5 Å². The highest BCUT2D eigenvalue weighted by Crippen LogP contribution is 2.35. The minimum atomic E-state index is -1.52. The quantitative estimate of drug-likeness (QED) is 0.373. The summed E-state index contributed by atoms with van der Waals surface area (Å²) < 4.78 is 55.0. The van der Waals surface area contributed by atoms with E-state index in [0.717, 1.165) is 30.5 Å². The van der Waals surface area contributed by atoms with Crippen molar-refractivity contribution in [3.05, 3.63) is 83.4 Å². The molecule has 0 radical (unpaired) electrons. The number of aryl methyl sites for hydroxylation is 1. The van der Waals surface area contributed by atoms with E-state index in [2.05, 4.69) is 0 Å². The van der Waals surface area contributed by atoms with Crippen LogP contribution in [0.4, 0.5) is 17.6 Å². The number of rotatable bonds is 4. The van der Waals surface area contributed by atoms with Crippen molar-refractivity contribution in [2.45, 2.75) is 19.8 Å². The third-order valence-corrected chi connectivity index (χ3v) is 4.08. The molecule has 0 N–H and O–H groups in total. The molecular weight excluding hydrogens is 328 g/mol. The molecule has 0 amide bonds. The molecule has 0 saturated heterocycles. The van der Waals surface area contributed by atoms with E-state index in [9.17, 15) is 17.6 Å². The van der Waals surface area contributed by atoms with Crippen LogP contribution in [0.2, 0.25) is 0 Å². The van der Waals surface area contributed by atoms with E-state index in [0.29, 0.717) is 16.7 Å². The summed E-state index contributed by atoms with van der Waals surface area (Å²) in [5.74, 6) is -4.47. The van der Waals surface area contributed by atoms with E-state index < -0.39 is 23.3 Å². The van der Waals surface area contributed by atoms with Crippen LogP contribution in [0.25, 0.3) is 22.3 Å². The molecule has 0 spiro atoms. The lowest BCUT2D eigenvalue weighted by Gasteiger charge is -2.12. The highest BCUT2D eigenvalue weighted by atomic mass is 19.2. The van der Waals surface area contributed by atoms with Gasteiger partial charge in [-0.15, -0.1) is 0 Å². The van der Waals surface area contributed by atoms with E-state index in [1.54, 1.807) is 30.3 Å². The van der Waals surface area contributed by atoms with E-state index >= 15 is 0 Å². The molecule has 3 aromatic carbocycles. The monoisotopic (exact) mass is 344 g/mol. The molecular formula is C21H16F4. The molecule has 0 saturated carbocycles. The highest BCUT2D eigenvalue weighted by molar-refractivity contribution is 5.83. The summed E-state index contributed by atoms with van der Waals surface area (Å²) in [4.78, 5) is 0. The maximum absolute atomic E-state index is 14.6. The van der Waals surface area contributed by atoms with Crippen LogP contribution >= 0.6 is 0 Å². The van der Waals surface area contributed by atoms with Gasteiger partial charge in [-0.1, -0.05) is 49.7 Å². The molecule has 0 aromatic heterocycles. The van der Waals surface area contributed by atoms with Gasteiger partial charge in [0, 0.05) is 5.56 Å². The molecule has 0 unspecified atom stereocenters. The number of hydrogen-bond acceptors (Lipinski definition) is 0. The summed E-state index contributed by atoms with van der Waals surface area (Å²) in [6, 6.07) is 13.5. The number of halogens is 4. The first kappa shape index (κ1) is 17.2. The Morgan fingerprint density at radius 3 is 1.92 bits per heavy atom. The second kappa shape index (κ2) is 7.09. The second-order valence-electron chi connectivity index (χ2n) is 5.86. The molecule has 0 aliphatic rings. The van der Waals surface area contributed by atoms with Crippen LogP contribution in [-0.4, -0.2) is 0 Å². The molecule has 128 valence electrons. The van der Waals surface area contributed by atoms with Crippen molar-refractivity contribution in [2.24, 2.45) is 0 Å².